The summed E-state index contributed by atoms with van der Waals surface area (Å²) in [7, 11) is 0. The molecule has 29 heavy (non-hydrogen) atoms. The van der Waals surface area contributed by atoms with Gasteiger partial charge in [0.2, 0.25) is 5.91 Å². The number of aryl methyl sites for hydroxylation is 1. The van der Waals surface area contributed by atoms with E-state index in [0.29, 0.717) is 18.9 Å². The quantitative estimate of drug-likeness (QED) is 0.761. The lowest BCUT2D eigenvalue weighted by atomic mass is 9.87. The lowest BCUT2D eigenvalue weighted by Gasteiger charge is -2.38. The summed E-state index contributed by atoms with van der Waals surface area (Å²) in [4.78, 5) is 41.6. The number of hydrogen-bond acceptors (Lipinski definition) is 4. The number of carbonyl (C=O) groups is 3. The molecule has 5 rings (SSSR count). The van der Waals surface area contributed by atoms with Crippen LogP contribution in [0.3, 0.4) is 0 Å². The zero-order chi connectivity index (χ0) is 20.0. The van der Waals surface area contributed by atoms with E-state index in [4.69, 9.17) is 0 Å². The van der Waals surface area contributed by atoms with E-state index in [1.165, 1.54) is 11.3 Å². The van der Waals surface area contributed by atoms with Crippen LogP contribution in [0.25, 0.3) is 0 Å². The molecule has 7 heteroatoms. The summed E-state index contributed by atoms with van der Waals surface area (Å²) in [6.07, 6.45) is 5.61. The number of urea groups is 1. The van der Waals surface area contributed by atoms with E-state index in [9.17, 15) is 14.4 Å². The van der Waals surface area contributed by atoms with Crippen LogP contribution in [-0.4, -0.2) is 54.0 Å². The first-order valence-electron chi connectivity index (χ1n) is 10.8. The van der Waals surface area contributed by atoms with Crippen molar-refractivity contribution >= 4 is 23.5 Å². The molecular weight excluding hydrogens is 368 g/mol. The van der Waals surface area contributed by atoms with Gasteiger partial charge in [0.1, 0.15) is 5.54 Å². The minimum Gasteiger partial charge on any atom is -0.366 e. The summed E-state index contributed by atoms with van der Waals surface area (Å²) in [5, 5.41) is 5.20. The van der Waals surface area contributed by atoms with Gasteiger partial charge in [-0.05, 0) is 56.1 Å². The number of nitrogens with zero attached hydrogens (tertiary/aromatic N) is 2. The number of carbonyl (C=O) groups excluding carboxylic acids is 3. The molecule has 4 aliphatic rings. The summed E-state index contributed by atoms with van der Waals surface area (Å²) in [5.74, 6) is -0.000340. The Morgan fingerprint density at radius 1 is 1.14 bits per heavy atom. The first-order valence-corrected chi connectivity index (χ1v) is 10.8. The number of benzene rings is 1. The predicted octanol–water partition coefficient (Wildman–Crippen LogP) is 1.81. The zero-order valence-electron chi connectivity index (χ0n) is 16.7. The van der Waals surface area contributed by atoms with Crippen LogP contribution < -0.4 is 15.5 Å². The standard InChI is InChI=1S/C22H28N4O3/c27-19(10-11-22(16-7-8-16)20(28)23-21(29)24-22)25-12-3-13-26-17(14-25)9-6-15-4-1-2-5-18(15)26/h1-2,4-5,16-17H,3,6-14H2,(H2,23,24,28,29)/t17?,22-/m0/s1. The van der Waals surface area contributed by atoms with E-state index in [1.54, 1.807) is 0 Å². The van der Waals surface area contributed by atoms with Gasteiger partial charge in [0.15, 0.2) is 0 Å². The van der Waals surface area contributed by atoms with E-state index in [1.807, 2.05) is 4.90 Å². The first kappa shape index (κ1) is 18.5. The third-order valence-corrected chi connectivity index (χ3v) is 7.08. The fourth-order valence-electron chi connectivity index (χ4n) is 5.39. The van der Waals surface area contributed by atoms with Crippen molar-refractivity contribution in [3.05, 3.63) is 29.8 Å². The third kappa shape index (κ3) is 3.26. The van der Waals surface area contributed by atoms with E-state index in [0.717, 1.165) is 51.7 Å². The molecule has 2 N–H and O–H groups in total. The molecular formula is C22H28N4O3. The molecule has 2 atom stereocenters. The Morgan fingerprint density at radius 3 is 2.72 bits per heavy atom. The number of imide groups is 1. The van der Waals surface area contributed by atoms with Gasteiger partial charge >= 0.3 is 6.03 Å². The van der Waals surface area contributed by atoms with Crippen molar-refractivity contribution < 1.29 is 14.4 Å². The SMILES string of the molecule is O=C1NC(=O)[C@](CCC(=O)N2CCCN3c4ccccc4CCC3C2)(C2CC2)N1. The molecule has 1 unspecified atom stereocenters. The third-order valence-electron chi connectivity index (χ3n) is 7.08. The molecule has 0 radical (unpaired) electrons. The van der Waals surface area contributed by atoms with Gasteiger partial charge in [-0.1, -0.05) is 18.2 Å². The van der Waals surface area contributed by atoms with Crippen LogP contribution >= 0.6 is 0 Å². The monoisotopic (exact) mass is 396 g/mol. The van der Waals surface area contributed by atoms with Crippen molar-refractivity contribution in [3.8, 4) is 0 Å². The molecule has 3 fully saturated rings. The van der Waals surface area contributed by atoms with Gasteiger partial charge in [-0.2, -0.15) is 0 Å². The highest BCUT2D eigenvalue weighted by Gasteiger charge is 2.55. The number of rotatable bonds is 4. The minimum absolute atomic E-state index is 0.0969. The second-order valence-corrected chi connectivity index (χ2v) is 8.86. The van der Waals surface area contributed by atoms with Crippen LogP contribution in [0.1, 0.15) is 44.1 Å². The van der Waals surface area contributed by atoms with Gasteiger partial charge in [-0.3, -0.25) is 14.9 Å². The molecule has 1 aromatic carbocycles. The minimum atomic E-state index is -0.881. The second-order valence-electron chi connectivity index (χ2n) is 8.86. The summed E-state index contributed by atoms with van der Waals surface area (Å²) in [6, 6.07) is 8.51. The predicted molar refractivity (Wildman–Crippen MR) is 108 cm³/mol. The lowest BCUT2D eigenvalue weighted by Crippen LogP contribution is -2.50. The number of anilines is 1. The van der Waals surface area contributed by atoms with Crippen molar-refractivity contribution in [1.82, 2.24) is 15.5 Å². The van der Waals surface area contributed by atoms with E-state index in [-0.39, 0.29) is 17.7 Å². The Bertz CT molecular complexity index is 852. The normalized spacial score (nSPS) is 28.9. The molecule has 1 saturated carbocycles. The summed E-state index contributed by atoms with van der Waals surface area (Å²) >= 11 is 0. The Morgan fingerprint density at radius 2 is 1.97 bits per heavy atom. The van der Waals surface area contributed by atoms with Crippen LogP contribution in [-0.2, 0) is 16.0 Å². The lowest BCUT2D eigenvalue weighted by molar-refractivity contribution is -0.132. The van der Waals surface area contributed by atoms with Gasteiger partial charge in [-0.25, -0.2) is 4.79 Å². The molecule has 3 heterocycles. The summed E-state index contributed by atoms with van der Waals surface area (Å²) in [5.41, 5.74) is 1.84. The molecule has 4 amide bonds. The van der Waals surface area contributed by atoms with Gasteiger partial charge in [-0.15, -0.1) is 0 Å². The zero-order valence-corrected chi connectivity index (χ0v) is 16.7. The second kappa shape index (κ2) is 7.04. The van der Waals surface area contributed by atoms with Gasteiger partial charge in [0.25, 0.3) is 5.91 Å². The highest BCUT2D eigenvalue weighted by atomic mass is 16.2. The average Bonchev–Trinajstić information content (AvgIpc) is 3.54. The largest absolute Gasteiger partial charge is 0.366 e. The molecule has 154 valence electrons. The van der Waals surface area contributed by atoms with Gasteiger partial charge < -0.3 is 15.1 Å². The Balaban J connectivity index is 1.26. The molecule has 0 spiro atoms. The molecule has 0 aromatic heterocycles. The molecule has 0 bridgehead atoms. The maximum Gasteiger partial charge on any atom is 0.322 e. The van der Waals surface area contributed by atoms with E-state index in [2.05, 4.69) is 39.8 Å². The molecule has 2 saturated heterocycles. The molecule has 1 aromatic rings. The fourth-order valence-corrected chi connectivity index (χ4v) is 5.39. The Labute approximate surface area is 170 Å². The molecule has 1 aliphatic carbocycles. The fraction of sp³-hybridized carbons (Fsp3) is 0.591. The smallest absolute Gasteiger partial charge is 0.322 e. The van der Waals surface area contributed by atoms with Crippen molar-refractivity contribution in [2.45, 2.75) is 56.5 Å². The van der Waals surface area contributed by atoms with Gasteiger partial charge in [0.05, 0.1) is 0 Å². The van der Waals surface area contributed by atoms with Crippen molar-refractivity contribution in [2.75, 3.05) is 24.5 Å². The summed E-state index contributed by atoms with van der Waals surface area (Å²) in [6.45, 7) is 2.46. The van der Waals surface area contributed by atoms with Crippen molar-refractivity contribution in [3.63, 3.8) is 0 Å². The van der Waals surface area contributed by atoms with Crippen LogP contribution in [0.5, 0.6) is 0 Å². The number of fused-ring (bicyclic) bond motifs is 3. The van der Waals surface area contributed by atoms with Crippen molar-refractivity contribution in [1.29, 1.82) is 0 Å². The maximum absolute atomic E-state index is 13.1. The van der Waals surface area contributed by atoms with E-state index >= 15 is 0 Å². The first-order chi connectivity index (χ1) is 14.1. The van der Waals surface area contributed by atoms with Crippen LogP contribution in [0.2, 0.25) is 0 Å². The van der Waals surface area contributed by atoms with Gasteiger partial charge in [0, 0.05) is 37.8 Å². The highest BCUT2D eigenvalue weighted by Crippen LogP contribution is 2.44. The average molecular weight is 396 g/mol. The topological polar surface area (TPSA) is 81.8 Å². The van der Waals surface area contributed by atoms with Crippen molar-refractivity contribution in [2.24, 2.45) is 5.92 Å². The molecule has 3 aliphatic heterocycles. The van der Waals surface area contributed by atoms with E-state index < -0.39 is 11.6 Å². The Kier molecular flexibility index (Phi) is 4.48. The van der Waals surface area contributed by atoms with Crippen LogP contribution in [0.15, 0.2) is 24.3 Å². The number of hydrogen-bond donors (Lipinski definition) is 2. The number of nitrogens with one attached hydrogen (secondary N) is 2. The Hall–Kier alpha value is -2.57. The highest BCUT2D eigenvalue weighted by molar-refractivity contribution is 6.07. The van der Waals surface area contributed by atoms with Crippen LogP contribution in [0.4, 0.5) is 10.5 Å². The summed E-state index contributed by atoms with van der Waals surface area (Å²) < 4.78 is 0. The molecule has 7 nitrogen and oxygen atoms in total. The number of para-hydroxylation sites is 1. The van der Waals surface area contributed by atoms with Crippen LogP contribution in [0, 0.1) is 5.92 Å². The maximum atomic E-state index is 13.1. The number of amides is 4.